The van der Waals surface area contributed by atoms with Crippen molar-refractivity contribution in [2.45, 2.75) is 13.5 Å². The number of nitrogens with zero attached hydrogens (tertiary/aromatic N) is 4. The first-order chi connectivity index (χ1) is 7.58. The first-order valence-electron chi connectivity index (χ1n) is 4.71. The molecule has 0 saturated heterocycles. The number of aromatic amines is 1. The van der Waals surface area contributed by atoms with E-state index in [1.54, 1.807) is 18.7 Å². The predicted octanol–water partition coefficient (Wildman–Crippen LogP) is -0.978. The van der Waals surface area contributed by atoms with Gasteiger partial charge < -0.3 is 0 Å². The zero-order chi connectivity index (χ0) is 11.7. The quantitative estimate of drug-likeness (QED) is 0.706. The lowest BCUT2D eigenvalue weighted by Crippen LogP contribution is -2.31. The molecular formula is C9H11N5O2. The van der Waals surface area contributed by atoms with Crippen LogP contribution < -0.4 is 11.2 Å². The maximum atomic E-state index is 11.5. The lowest BCUT2D eigenvalue weighted by molar-refractivity contribution is 0.625. The van der Waals surface area contributed by atoms with Gasteiger partial charge in [-0.15, -0.1) is 0 Å². The second-order valence-electron chi connectivity index (χ2n) is 3.50. The van der Waals surface area contributed by atoms with Crippen LogP contribution in [0.2, 0.25) is 0 Å². The topological polar surface area (TPSA) is 85.6 Å². The molecule has 7 heteroatoms. The van der Waals surface area contributed by atoms with Gasteiger partial charge in [0, 0.05) is 18.8 Å². The highest BCUT2D eigenvalue weighted by molar-refractivity contribution is 5.02. The molecule has 0 atom stereocenters. The molecule has 2 heterocycles. The van der Waals surface area contributed by atoms with Crippen molar-refractivity contribution < 1.29 is 0 Å². The largest absolute Gasteiger partial charge is 0.328 e. The zero-order valence-corrected chi connectivity index (χ0v) is 8.97. The number of H-pyrrole nitrogens is 1. The van der Waals surface area contributed by atoms with Crippen molar-refractivity contribution in [3.8, 4) is 0 Å². The summed E-state index contributed by atoms with van der Waals surface area (Å²) < 4.78 is 2.97. The molecule has 0 fully saturated rings. The molecule has 0 aliphatic heterocycles. The molecule has 84 valence electrons. The molecule has 7 nitrogen and oxygen atoms in total. The van der Waals surface area contributed by atoms with E-state index in [9.17, 15) is 9.59 Å². The van der Waals surface area contributed by atoms with Crippen LogP contribution in [0.1, 0.15) is 11.4 Å². The van der Waals surface area contributed by atoms with Crippen molar-refractivity contribution in [1.82, 2.24) is 24.3 Å². The summed E-state index contributed by atoms with van der Waals surface area (Å²) in [6.45, 7) is 1.93. The molecule has 0 aliphatic carbocycles. The molecule has 2 aromatic heterocycles. The van der Waals surface area contributed by atoms with Crippen LogP contribution >= 0.6 is 0 Å². The van der Waals surface area contributed by atoms with Gasteiger partial charge in [-0.1, -0.05) is 0 Å². The zero-order valence-electron chi connectivity index (χ0n) is 8.97. The number of aromatic nitrogens is 5. The summed E-state index contributed by atoms with van der Waals surface area (Å²) in [5.74, 6) is 0.647. The van der Waals surface area contributed by atoms with Crippen LogP contribution in [0.25, 0.3) is 0 Å². The van der Waals surface area contributed by atoms with Gasteiger partial charge in [-0.2, -0.15) is 5.10 Å². The van der Waals surface area contributed by atoms with Crippen LogP contribution in [0.3, 0.4) is 0 Å². The standard InChI is InChI=1S/C9H11N5O2/c1-6-3-14(9(16)12-8(6)15)4-7-10-5-11-13(7)2/h3,5H,4H2,1-2H3,(H,12,15,16). The van der Waals surface area contributed by atoms with Crippen molar-refractivity contribution in [3.05, 3.63) is 44.8 Å². The van der Waals surface area contributed by atoms with Crippen LogP contribution in [-0.2, 0) is 13.6 Å². The second kappa shape index (κ2) is 3.76. The van der Waals surface area contributed by atoms with Gasteiger partial charge in [-0.25, -0.2) is 9.78 Å². The van der Waals surface area contributed by atoms with Crippen LogP contribution in [0.15, 0.2) is 22.1 Å². The molecule has 2 aromatic rings. The van der Waals surface area contributed by atoms with E-state index >= 15 is 0 Å². The van der Waals surface area contributed by atoms with Crippen molar-refractivity contribution in [1.29, 1.82) is 0 Å². The molecule has 0 saturated carbocycles. The number of hydrogen-bond acceptors (Lipinski definition) is 4. The minimum absolute atomic E-state index is 0.285. The Hall–Kier alpha value is -2.18. The Balaban J connectivity index is 2.43. The van der Waals surface area contributed by atoms with Crippen molar-refractivity contribution >= 4 is 0 Å². The van der Waals surface area contributed by atoms with Crippen LogP contribution in [0, 0.1) is 6.92 Å². The third kappa shape index (κ3) is 1.79. The van der Waals surface area contributed by atoms with E-state index in [-0.39, 0.29) is 12.1 Å². The maximum absolute atomic E-state index is 11.5. The maximum Gasteiger partial charge on any atom is 0.328 e. The number of rotatable bonds is 2. The van der Waals surface area contributed by atoms with Gasteiger partial charge in [0.2, 0.25) is 0 Å². The molecular weight excluding hydrogens is 210 g/mol. The first-order valence-corrected chi connectivity index (χ1v) is 4.71. The Bertz CT molecular complexity index is 621. The van der Waals surface area contributed by atoms with E-state index in [0.29, 0.717) is 11.4 Å². The molecule has 0 bridgehead atoms. The van der Waals surface area contributed by atoms with Crippen molar-refractivity contribution in [3.63, 3.8) is 0 Å². The fourth-order valence-corrected chi connectivity index (χ4v) is 1.35. The minimum Gasteiger partial charge on any atom is -0.293 e. The van der Waals surface area contributed by atoms with E-state index in [0.717, 1.165) is 0 Å². The summed E-state index contributed by atoms with van der Waals surface area (Å²) in [5, 5.41) is 3.90. The van der Waals surface area contributed by atoms with Gasteiger partial charge >= 0.3 is 5.69 Å². The van der Waals surface area contributed by atoms with Gasteiger partial charge in [-0.3, -0.25) is 19.0 Å². The Morgan fingerprint density at radius 3 is 2.81 bits per heavy atom. The van der Waals surface area contributed by atoms with Crippen molar-refractivity contribution in [2.75, 3.05) is 0 Å². The van der Waals surface area contributed by atoms with Crippen LogP contribution in [0.5, 0.6) is 0 Å². The molecule has 0 unspecified atom stereocenters. The number of aryl methyl sites for hydroxylation is 2. The Kier molecular flexibility index (Phi) is 2.43. The first kappa shape index (κ1) is 10.3. The van der Waals surface area contributed by atoms with Gasteiger partial charge in [-0.05, 0) is 6.92 Å². The Labute approximate surface area is 90.4 Å². The Morgan fingerprint density at radius 1 is 1.44 bits per heavy atom. The average Bonchev–Trinajstić information content (AvgIpc) is 2.61. The average molecular weight is 221 g/mol. The van der Waals surface area contributed by atoms with Crippen molar-refractivity contribution in [2.24, 2.45) is 7.05 Å². The third-order valence-electron chi connectivity index (χ3n) is 2.31. The van der Waals surface area contributed by atoms with Crippen LogP contribution in [0.4, 0.5) is 0 Å². The van der Waals surface area contributed by atoms with Gasteiger partial charge in [0.15, 0.2) is 0 Å². The lowest BCUT2D eigenvalue weighted by atomic mass is 10.4. The molecule has 0 aromatic carbocycles. The molecule has 0 radical (unpaired) electrons. The minimum atomic E-state index is -0.446. The predicted molar refractivity (Wildman–Crippen MR) is 56.2 cm³/mol. The van der Waals surface area contributed by atoms with E-state index in [1.807, 2.05) is 0 Å². The Morgan fingerprint density at radius 2 is 2.19 bits per heavy atom. The fraction of sp³-hybridized carbons (Fsp3) is 0.333. The molecule has 0 spiro atoms. The van der Waals surface area contributed by atoms with Crippen LogP contribution in [-0.4, -0.2) is 24.3 Å². The van der Waals surface area contributed by atoms with Gasteiger partial charge in [0.05, 0.1) is 6.54 Å². The van der Waals surface area contributed by atoms with E-state index in [1.165, 1.54) is 17.1 Å². The smallest absolute Gasteiger partial charge is 0.293 e. The molecule has 0 amide bonds. The highest BCUT2D eigenvalue weighted by Gasteiger charge is 2.05. The summed E-state index contributed by atoms with van der Waals surface area (Å²) in [7, 11) is 1.74. The SMILES string of the molecule is Cc1cn(Cc2ncnn2C)c(=O)[nH]c1=O. The van der Waals surface area contributed by atoms with E-state index < -0.39 is 5.69 Å². The summed E-state index contributed by atoms with van der Waals surface area (Å²) in [6.07, 6.45) is 2.93. The highest BCUT2D eigenvalue weighted by Crippen LogP contribution is 1.94. The molecule has 1 N–H and O–H groups in total. The van der Waals surface area contributed by atoms with Gasteiger partial charge in [0.25, 0.3) is 5.56 Å². The molecule has 16 heavy (non-hydrogen) atoms. The summed E-state index contributed by atoms with van der Waals surface area (Å²) in [5.41, 5.74) is -0.320. The van der Waals surface area contributed by atoms with Gasteiger partial charge in [0.1, 0.15) is 12.2 Å². The summed E-state index contributed by atoms with van der Waals surface area (Å²) in [6, 6.07) is 0. The third-order valence-corrected chi connectivity index (χ3v) is 2.31. The molecule has 0 aliphatic rings. The highest BCUT2D eigenvalue weighted by atomic mass is 16.2. The number of nitrogens with one attached hydrogen (secondary N) is 1. The monoisotopic (exact) mass is 221 g/mol. The van der Waals surface area contributed by atoms with E-state index in [2.05, 4.69) is 15.1 Å². The normalized spacial score (nSPS) is 10.6. The second-order valence-corrected chi connectivity index (χ2v) is 3.50. The number of hydrogen-bond donors (Lipinski definition) is 1. The fourth-order valence-electron chi connectivity index (χ4n) is 1.35. The summed E-state index contributed by atoms with van der Waals surface area (Å²) >= 11 is 0. The molecule has 2 rings (SSSR count). The van der Waals surface area contributed by atoms with E-state index in [4.69, 9.17) is 0 Å². The summed E-state index contributed by atoms with van der Waals surface area (Å²) in [4.78, 5) is 28.9. The lowest BCUT2D eigenvalue weighted by Gasteiger charge is -2.04.